The van der Waals surface area contributed by atoms with Crippen molar-refractivity contribution in [2.75, 3.05) is 23.8 Å². The van der Waals surface area contributed by atoms with Gasteiger partial charge in [-0.3, -0.25) is 10.1 Å². The number of nitrogens with zero attached hydrogens (tertiary/aromatic N) is 2. The number of nitrogens with one attached hydrogen (secondary N) is 2. The summed E-state index contributed by atoms with van der Waals surface area (Å²) in [6.07, 6.45) is 1.84. The van der Waals surface area contributed by atoms with E-state index in [1.165, 1.54) is 6.07 Å². The van der Waals surface area contributed by atoms with Crippen molar-refractivity contribution in [3.8, 4) is 0 Å². The molecule has 3 amide bonds. The lowest BCUT2D eigenvalue weighted by atomic mass is 10.3. The highest BCUT2D eigenvalue weighted by Crippen LogP contribution is 2.15. The normalized spacial score (nSPS) is 10.1. The van der Waals surface area contributed by atoms with Crippen LogP contribution < -0.4 is 22.1 Å². The minimum atomic E-state index is -0.503. The van der Waals surface area contributed by atoms with Crippen LogP contribution in [0.5, 0.6) is 0 Å². The van der Waals surface area contributed by atoms with E-state index in [1.807, 2.05) is 6.92 Å². The molecule has 9 heteroatoms. The number of hydrogen-bond donors (Lipinski definition) is 4. The van der Waals surface area contributed by atoms with Crippen molar-refractivity contribution in [2.45, 2.75) is 24.9 Å². The van der Waals surface area contributed by atoms with Crippen molar-refractivity contribution >= 4 is 35.3 Å². The van der Waals surface area contributed by atoms with E-state index < -0.39 is 11.9 Å². The molecule has 0 bridgehead atoms. The molecule has 0 aliphatic rings. The zero-order valence-electron chi connectivity index (χ0n) is 11.2. The van der Waals surface area contributed by atoms with Gasteiger partial charge in [-0.1, -0.05) is 25.1 Å². The first kappa shape index (κ1) is 16.0. The number of carbonyl (C=O) groups excluding carboxylic acids is 2. The van der Waals surface area contributed by atoms with Gasteiger partial charge in [-0.05, 0) is 6.42 Å². The van der Waals surface area contributed by atoms with E-state index in [9.17, 15) is 9.59 Å². The molecule has 0 unspecified atom stereocenters. The van der Waals surface area contributed by atoms with Gasteiger partial charge in [0.05, 0.1) is 5.75 Å². The Bertz CT molecular complexity index is 462. The van der Waals surface area contributed by atoms with Crippen LogP contribution in [-0.2, 0) is 4.79 Å². The molecule has 1 aromatic rings. The van der Waals surface area contributed by atoms with E-state index in [0.29, 0.717) is 11.7 Å². The summed E-state index contributed by atoms with van der Waals surface area (Å²) >= 11 is 1.05. The molecule has 20 heavy (non-hydrogen) atoms. The Hall–Kier alpha value is -2.03. The number of thioether (sulfide) groups is 1. The Kier molecular flexibility index (Phi) is 6.57. The van der Waals surface area contributed by atoms with Crippen LogP contribution in [0.2, 0.25) is 0 Å². The highest BCUT2D eigenvalue weighted by atomic mass is 32.2. The highest BCUT2D eigenvalue weighted by molar-refractivity contribution is 7.99. The Morgan fingerprint density at radius 3 is 2.55 bits per heavy atom. The number of imide groups is 1. The van der Waals surface area contributed by atoms with Gasteiger partial charge >= 0.3 is 6.03 Å². The minimum Gasteiger partial charge on any atom is -0.383 e. The van der Waals surface area contributed by atoms with Crippen LogP contribution >= 0.6 is 11.8 Å². The van der Waals surface area contributed by atoms with Crippen molar-refractivity contribution in [1.82, 2.24) is 20.6 Å². The maximum Gasteiger partial charge on any atom is 0.321 e. The summed E-state index contributed by atoms with van der Waals surface area (Å²) in [5.41, 5.74) is 11.0. The van der Waals surface area contributed by atoms with Gasteiger partial charge in [0.25, 0.3) is 0 Å². The van der Waals surface area contributed by atoms with Crippen molar-refractivity contribution in [1.29, 1.82) is 0 Å². The van der Waals surface area contributed by atoms with Crippen LogP contribution in [0, 0.1) is 0 Å². The van der Waals surface area contributed by atoms with E-state index >= 15 is 0 Å². The summed E-state index contributed by atoms with van der Waals surface area (Å²) in [4.78, 5) is 30.7. The summed E-state index contributed by atoms with van der Waals surface area (Å²) < 4.78 is 0. The van der Waals surface area contributed by atoms with E-state index in [2.05, 4.69) is 20.6 Å². The smallest absolute Gasteiger partial charge is 0.321 e. The van der Waals surface area contributed by atoms with Gasteiger partial charge in [-0.15, -0.1) is 0 Å². The lowest BCUT2D eigenvalue weighted by Gasteiger charge is -2.06. The third-order valence-electron chi connectivity index (χ3n) is 2.15. The average molecular weight is 298 g/mol. The maximum atomic E-state index is 11.5. The predicted molar refractivity (Wildman–Crippen MR) is 78.0 cm³/mol. The number of amides is 3. The average Bonchev–Trinajstić information content (AvgIpc) is 2.35. The van der Waals surface area contributed by atoms with Crippen LogP contribution in [0.25, 0.3) is 0 Å². The molecule has 0 fully saturated rings. The largest absolute Gasteiger partial charge is 0.383 e. The topological polar surface area (TPSA) is 136 Å². The zero-order valence-corrected chi connectivity index (χ0v) is 12.0. The van der Waals surface area contributed by atoms with Gasteiger partial charge in [0.2, 0.25) is 5.91 Å². The molecule has 0 aromatic carbocycles. The molecule has 0 aliphatic heterocycles. The third-order valence-corrected chi connectivity index (χ3v) is 2.99. The summed E-state index contributed by atoms with van der Waals surface area (Å²) in [5, 5.41) is 5.09. The number of rotatable bonds is 6. The summed E-state index contributed by atoms with van der Waals surface area (Å²) in [7, 11) is 0. The molecule has 0 saturated carbocycles. The SMILES string of the molecule is CCCCNC(=O)NC(=O)CSc1nc(N)cc(N)n1. The van der Waals surface area contributed by atoms with Crippen LogP contribution in [0.3, 0.4) is 0 Å². The molecular formula is C11H18N6O2S. The monoisotopic (exact) mass is 298 g/mol. The van der Waals surface area contributed by atoms with Crippen molar-refractivity contribution in [2.24, 2.45) is 0 Å². The number of anilines is 2. The molecule has 0 spiro atoms. The molecule has 0 radical (unpaired) electrons. The highest BCUT2D eigenvalue weighted by Gasteiger charge is 2.09. The molecule has 1 rings (SSSR count). The molecule has 0 atom stereocenters. The standard InChI is InChI=1S/C11H18N6O2S/c1-2-3-4-14-10(19)17-9(18)6-20-11-15-7(12)5-8(13)16-11/h5H,2-4,6H2,1H3,(H4,12,13,15,16)(H2,14,17,18,19). The van der Waals surface area contributed by atoms with Gasteiger partial charge in [-0.25, -0.2) is 14.8 Å². The maximum absolute atomic E-state index is 11.5. The van der Waals surface area contributed by atoms with Gasteiger partial charge < -0.3 is 16.8 Å². The van der Waals surface area contributed by atoms with Crippen molar-refractivity contribution < 1.29 is 9.59 Å². The van der Waals surface area contributed by atoms with E-state index in [4.69, 9.17) is 11.5 Å². The fourth-order valence-electron chi connectivity index (χ4n) is 1.24. The second-order valence-corrected chi connectivity index (χ2v) is 4.89. The molecule has 1 aromatic heterocycles. The quantitative estimate of drug-likeness (QED) is 0.338. The van der Waals surface area contributed by atoms with Gasteiger partial charge in [0.1, 0.15) is 11.6 Å². The van der Waals surface area contributed by atoms with Gasteiger partial charge in [0.15, 0.2) is 5.16 Å². The van der Waals surface area contributed by atoms with E-state index in [-0.39, 0.29) is 17.4 Å². The summed E-state index contributed by atoms with van der Waals surface area (Å²) in [6.45, 7) is 2.55. The number of carbonyl (C=O) groups is 2. The van der Waals surface area contributed by atoms with Crippen LogP contribution in [0.1, 0.15) is 19.8 Å². The lowest BCUT2D eigenvalue weighted by Crippen LogP contribution is -2.40. The van der Waals surface area contributed by atoms with Gasteiger partial charge in [0, 0.05) is 12.6 Å². The molecule has 110 valence electrons. The Labute approximate surface area is 121 Å². The Balaban J connectivity index is 2.34. The number of nitrogens with two attached hydrogens (primary N) is 2. The van der Waals surface area contributed by atoms with Gasteiger partial charge in [-0.2, -0.15) is 0 Å². The summed E-state index contributed by atoms with van der Waals surface area (Å²) in [5.74, 6) is 0.0356. The molecule has 6 N–H and O–H groups in total. The molecule has 0 aliphatic carbocycles. The molecule has 0 saturated heterocycles. The predicted octanol–water partition coefficient (Wildman–Crippen LogP) is 0.359. The first-order valence-electron chi connectivity index (χ1n) is 6.11. The summed E-state index contributed by atoms with van der Waals surface area (Å²) in [6, 6.07) is 0.919. The molecular weight excluding hydrogens is 280 g/mol. The Morgan fingerprint density at radius 2 is 1.95 bits per heavy atom. The van der Waals surface area contributed by atoms with E-state index in [1.54, 1.807) is 0 Å². The van der Waals surface area contributed by atoms with Crippen LogP contribution in [-0.4, -0.2) is 34.2 Å². The Morgan fingerprint density at radius 1 is 1.30 bits per heavy atom. The third kappa shape index (κ3) is 6.23. The number of urea groups is 1. The number of nitrogen functional groups attached to an aromatic ring is 2. The van der Waals surface area contributed by atoms with Crippen LogP contribution in [0.15, 0.2) is 11.2 Å². The molecule has 8 nitrogen and oxygen atoms in total. The fraction of sp³-hybridized carbons (Fsp3) is 0.455. The fourth-order valence-corrected chi connectivity index (χ4v) is 1.91. The minimum absolute atomic E-state index is 0.00406. The number of unbranched alkanes of at least 4 members (excludes halogenated alkanes) is 1. The zero-order chi connectivity index (χ0) is 15.0. The second-order valence-electron chi connectivity index (χ2n) is 3.95. The number of aromatic nitrogens is 2. The van der Waals surface area contributed by atoms with Crippen molar-refractivity contribution in [3.05, 3.63) is 6.07 Å². The molecule has 1 heterocycles. The first-order chi connectivity index (χ1) is 9.51. The van der Waals surface area contributed by atoms with E-state index in [0.717, 1.165) is 24.6 Å². The van der Waals surface area contributed by atoms with Crippen molar-refractivity contribution in [3.63, 3.8) is 0 Å². The van der Waals surface area contributed by atoms with Crippen LogP contribution in [0.4, 0.5) is 16.4 Å². The lowest BCUT2D eigenvalue weighted by molar-refractivity contribution is -0.117. The number of hydrogen-bond acceptors (Lipinski definition) is 7. The second kappa shape index (κ2) is 8.20. The first-order valence-corrected chi connectivity index (χ1v) is 7.10.